The van der Waals surface area contributed by atoms with Gasteiger partial charge >= 0.3 is 0 Å². The van der Waals surface area contributed by atoms with Gasteiger partial charge in [-0.1, -0.05) is 11.6 Å². The highest BCUT2D eigenvalue weighted by Gasteiger charge is 2.20. The van der Waals surface area contributed by atoms with E-state index < -0.39 is 5.60 Å². The molecule has 0 aliphatic heterocycles. The van der Waals surface area contributed by atoms with Crippen LogP contribution in [-0.2, 0) is 0 Å². The lowest BCUT2D eigenvalue weighted by molar-refractivity contribution is 0.0725. The van der Waals surface area contributed by atoms with Crippen LogP contribution < -0.4 is 5.32 Å². The van der Waals surface area contributed by atoms with Crippen molar-refractivity contribution in [3.8, 4) is 0 Å². The SMILES string of the molecule is CSC[C@@](C)(O)CNC(=O)c1ccc(Cl)cc1. The highest BCUT2D eigenvalue weighted by molar-refractivity contribution is 7.98. The van der Waals surface area contributed by atoms with Gasteiger partial charge in [0.2, 0.25) is 0 Å². The molecular formula is C12H16ClNO2S. The molecule has 1 amide bonds. The van der Waals surface area contributed by atoms with Crippen molar-refractivity contribution in [2.24, 2.45) is 0 Å². The fourth-order valence-electron chi connectivity index (χ4n) is 1.34. The summed E-state index contributed by atoms with van der Waals surface area (Å²) < 4.78 is 0. The van der Waals surface area contributed by atoms with Gasteiger partial charge in [0.15, 0.2) is 0 Å². The molecule has 3 nitrogen and oxygen atoms in total. The minimum absolute atomic E-state index is 0.206. The highest BCUT2D eigenvalue weighted by atomic mass is 35.5. The van der Waals surface area contributed by atoms with Crippen molar-refractivity contribution in [2.75, 3.05) is 18.6 Å². The third-order valence-electron chi connectivity index (χ3n) is 2.19. The zero-order valence-electron chi connectivity index (χ0n) is 9.87. The molecule has 1 aromatic carbocycles. The number of hydrogen-bond donors (Lipinski definition) is 2. The Bertz CT molecular complexity index is 379. The molecule has 17 heavy (non-hydrogen) atoms. The quantitative estimate of drug-likeness (QED) is 0.865. The monoisotopic (exact) mass is 273 g/mol. The number of aliphatic hydroxyl groups is 1. The van der Waals surface area contributed by atoms with Crippen LogP contribution in [0.15, 0.2) is 24.3 Å². The lowest BCUT2D eigenvalue weighted by atomic mass is 10.1. The van der Waals surface area contributed by atoms with Gasteiger partial charge in [0.25, 0.3) is 5.91 Å². The van der Waals surface area contributed by atoms with Crippen molar-refractivity contribution >= 4 is 29.3 Å². The molecule has 0 unspecified atom stereocenters. The second-order valence-corrected chi connectivity index (χ2v) is 5.42. The van der Waals surface area contributed by atoms with E-state index in [-0.39, 0.29) is 12.5 Å². The lowest BCUT2D eigenvalue weighted by Crippen LogP contribution is -2.42. The molecule has 1 atom stereocenters. The predicted octanol–water partition coefficient (Wildman–Crippen LogP) is 2.18. The minimum atomic E-state index is -0.887. The molecule has 0 saturated carbocycles. The number of thioether (sulfide) groups is 1. The highest BCUT2D eigenvalue weighted by Crippen LogP contribution is 2.11. The number of nitrogens with one attached hydrogen (secondary N) is 1. The van der Waals surface area contributed by atoms with Crippen LogP contribution in [0, 0.1) is 0 Å². The predicted molar refractivity (Wildman–Crippen MR) is 72.8 cm³/mol. The van der Waals surface area contributed by atoms with Crippen LogP contribution in [0.2, 0.25) is 5.02 Å². The number of rotatable bonds is 5. The number of carbonyl (C=O) groups is 1. The van der Waals surface area contributed by atoms with Crippen LogP contribution in [-0.4, -0.2) is 35.2 Å². The molecule has 0 fully saturated rings. The summed E-state index contributed by atoms with van der Waals surface area (Å²) in [6.45, 7) is 1.93. The van der Waals surface area contributed by atoms with Crippen LogP contribution in [0.1, 0.15) is 17.3 Å². The Morgan fingerprint density at radius 2 is 2.06 bits per heavy atom. The van der Waals surface area contributed by atoms with E-state index in [4.69, 9.17) is 11.6 Å². The molecule has 0 spiro atoms. The number of hydrogen-bond acceptors (Lipinski definition) is 3. The molecule has 0 radical (unpaired) electrons. The first kappa shape index (κ1) is 14.4. The van der Waals surface area contributed by atoms with Crippen molar-refractivity contribution < 1.29 is 9.90 Å². The largest absolute Gasteiger partial charge is 0.387 e. The van der Waals surface area contributed by atoms with Crippen molar-refractivity contribution in [3.05, 3.63) is 34.9 Å². The Morgan fingerprint density at radius 1 is 1.47 bits per heavy atom. The zero-order valence-corrected chi connectivity index (χ0v) is 11.4. The molecular weight excluding hydrogens is 258 g/mol. The molecule has 1 rings (SSSR count). The van der Waals surface area contributed by atoms with Crippen molar-refractivity contribution in [1.82, 2.24) is 5.32 Å². The molecule has 5 heteroatoms. The van der Waals surface area contributed by atoms with Gasteiger partial charge in [-0.25, -0.2) is 0 Å². The van der Waals surface area contributed by atoms with E-state index in [0.29, 0.717) is 16.3 Å². The van der Waals surface area contributed by atoms with Crippen LogP contribution in [0.25, 0.3) is 0 Å². The van der Waals surface area contributed by atoms with Crippen molar-refractivity contribution in [1.29, 1.82) is 0 Å². The summed E-state index contributed by atoms with van der Waals surface area (Å²) in [5.41, 5.74) is -0.351. The second kappa shape index (κ2) is 6.28. The molecule has 1 aromatic rings. The summed E-state index contributed by atoms with van der Waals surface area (Å²) in [6, 6.07) is 6.63. The summed E-state index contributed by atoms with van der Waals surface area (Å²) >= 11 is 7.27. The van der Waals surface area contributed by atoms with E-state index in [1.165, 1.54) is 11.8 Å². The molecule has 0 aliphatic rings. The van der Waals surface area contributed by atoms with Gasteiger partial charge in [-0.2, -0.15) is 11.8 Å². The van der Waals surface area contributed by atoms with Gasteiger partial charge in [-0.05, 0) is 37.4 Å². The third kappa shape index (κ3) is 4.98. The molecule has 2 N–H and O–H groups in total. The first-order valence-electron chi connectivity index (χ1n) is 5.20. The Kier molecular flexibility index (Phi) is 5.31. The maximum absolute atomic E-state index is 11.7. The number of halogens is 1. The molecule has 0 aliphatic carbocycles. The fourth-order valence-corrected chi connectivity index (χ4v) is 2.19. The minimum Gasteiger partial charge on any atom is -0.387 e. The van der Waals surface area contributed by atoms with Crippen LogP contribution >= 0.6 is 23.4 Å². The molecule has 0 heterocycles. The Hall–Kier alpha value is -0.710. The van der Waals surface area contributed by atoms with E-state index in [9.17, 15) is 9.90 Å². The Balaban J connectivity index is 2.53. The third-order valence-corrected chi connectivity index (χ3v) is 3.35. The normalized spacial score (nSPS) is 14.1. The molecule has 94 valence electrons. The number of amides is 1. The van der Waals surface area contributed by atoms with E-state index in [0.717, 1.165) is 0 Å². The van der Waals surface area contributed by atoms with Crippen LogP contribution in [0.4, 0.5) is 0 Å². The van der Waals surface area contributed by atoms with Gasteiger partial charge < -0.3 is 10.4 Å². The lowest BCUT2D eigenvalue weighted by Gasteiger charge is -2.22. The summed E-state index contributed by atoms with van der Waals surface area (Å²) in [7, 11) is 0. The summed E-state index contributed by atoms with van der Waals surface area (Å²) in [5.74, 6) is 0.372. The van der Waals surface area contributed by atoms with Crippen LogP contribution in [0.3, 0.4) is 0 Å². The van der Waals surface area contributed by atoms with Crippen LogP contribution in [0.5, 0.6) is 0 Å². The van der Waals surface area contributed by atoms with E-state index in [2.05, 4.69) is 5.32 Å². The smallest absolute Gasteiger partial charge is 0.251 e. The summed E-state index contributed by atoms with van der Waals surface area (Å²) in [4.78, 5) is 11.7. The van der Waals surface area contributed by atoms with Gasteiger partial charge in [0.1, 0.15) is 0 Å². The average molecular weight is 274 g/mol. The molecule has 0 aromatic heterocycles. The first-order valence-corrected chi connectivity index (χ1v) is 6.97. The summed E-state index contributed by atoms with van der Waals surface area (Å²) in [5, 5.41) is 13.2. The fraction of sp³-hybridized carbons (Fsp3) is 0.417. The van der Waals surface area contributed by atoms with E-state index in [1.807, 2.05) is 6.26 Å². The Morgan fingerprint density at radius 3 is 2.59 bits per heavy atom. The standard InChI is InChI=1S/C12H16ClNO2S/c1-12(16,8-17-2)7-14-11(15)9-3-5-10(13)6-4-9/h3-6,16H,7-8H2,1-2H3,(H,14,15)/t12-/m0/s1. The average Bonchev–Trinajstić information content (AvgIpc) is 2.27. The van der Waals surface area contributed by atoms with E-state index >= 15 is 0 Å². The van der Waals surface area contributed by atoms with Gasteiger partial charge in [-0.3, -0.25) is 4.79 Å². The van der Waals surface area contributed by atoms with E-state index in [1.54, 1.807) is 31.2 Å². The van der Waals surface area contributed by atoms with Gasteiger partial charge in [0, 0.05) is 22.9 Å². The van der Waals surface area contributed by atoms with Crippen molar-refractivity contribution in [3.63, 3.8) is 0 Å². The number of benzene rings is 1. The van der Waals surface area contributed by atoms with Gasteiger partial charge in [-0.15, -0.1) is 0 Å². The number of carbonyl (C=O) groups excluding carboxylic acids is 1. The maximum atomic E-state index is 11.7. The maximum Gasteiger partial charge on any atom is 0.251 e. The molecule has 0 saturated heterocycles. The Labute approximate surface area is 111 Å². The second-order valence-electron chi connectivity index (χ2n) is 4.12. The van der Waals surface area contributed by atoms with Gasteiger partial charge in [0.05, 0.1) is 5.60 Å². The molecule has 0 bridgehead atoms. The van der Waals surface area contributed by atoms with Crippen molar-refractivity contribution in [2.45, 2.75) is 12.5 Å². The first-order chi connectivity index (χ1) is 7.94. The zero-order chi connectivity index (χ0) is 12.9. The topological polar surface area (TPSA) is 49.3 Å². The summed E-state index contributed by atoms with van der Waals surface area (Å²) in [6.07, 6.45) is 1.91.